The maximum atomic E-state index is 6.04. The first-order valence-corrected chi connectivity index (χ1v) is 7.82. The van der Waals surface area contributed by atoms with Crippen molar-refractivity contribution in [3.8, 4) is 0 Å². The van der Waals surface area contributed by atoms with Gasteiger partial charge in [0, 0.05) is 18.6 Å². The maximum absolute atomic E-state index is 6.04. The van der Waals surface area contributed by atoms with E-state index in [1.807, 2.05) is 0 Å². The monoisotopic (exact) mass is 236 g/mol. The number of nitrogens with zero attached hydrogens (tertiary/aromatic N) is 1. The Hall–Kier alpha value is -0.0800. The topological polar surface area (TPSA) is 29.3 Å². The Balaban J connectivity index is 1.57. The van der Waals surface area contributed by atoms with Crippen LogP contribution in [0.4, 0.5) is 0 Å². The number of hydrogen-bond acceptors (Lipinski definition) is 2. The summed E-state index contributed by atoms with van der Waals surface area (Å²) >= 11 is 0. The second kappa shape index (κ2) is 5.27. The molecular weight excluding hydrogens is 208 g/mol. The van der Waals surface area contributed by atoms with E-state index in [1.54, 1.807) is 0 Å². The molecule has 0 radical (unpaired) electrons. The standard InChI is InChI=1S/C15H28N2/c16-14-8-7-12(10-14)11-17-9-3-5-13-4-1-2-6-15(13)17/h12-15H,1-11,16H2/t12?,13-,14?,15-/m1/s1. The van der Waals surface area contributed by atoms with Gasteiger partial charge < -0.3 is 5.73 Å². The Morgan fingerprint density at radius 1 is 0.941 bits per heavy atom. The van der Waals surface area contributed by atoms with Crippen LogP contribution < -0.4 is 5.73 Å². The van der Waals surface area contributed by atoms with Crippen LogP contribution in [0.25, 0.3) is 0 Å². The van der Waals surface area contributed by atoms with E-state index in [2.05, 4.69) is 4.90 Å². The van der Waals surface area contributed by atoms with Gasteiger partial charge in [-0.3, -0.25) is 4.90 Å². The Labute approximate surface area is 106 Å². The van der Waals surface area contributed by atoms with E-state index in [0.717, 1.165) is 17.9 Å². The molecular formula is C15H28N2. The molecule has 1 saturated heterocycles. The van der Waals surface area contributed by atoms with Gasteiger partial charge in [0.1, 0.15) is 0 Å². The highest BCUT2D eigenvalue weighted by Gasteiger charge is 2.35. The van der Waals surface area contributed by atoms with Crippen LogP contribution in [-0.4, -0.2) is 30.1 Å². The van der Waals surface area contributed by atoms with E-state index in [0.29, 0.717) is 6.04 Å². The highest BCUT2D eigenvalue weighted by Crippen LogP contribution is 2.36. The smallest absolute Gasteiger partial charge is 0.0124 e. The minimum absolute atomic E-state index is 0.506. The molecule has 2 aliphatic carbocycles. The third kappa shape index (κ3) is 2.68. The Morgan fingerprint density at radius 2 is 1.76 bits per heavy atom. The molecule has 4 atom stereocenters. The van der Waals surface area contributed by atoms with Crippen LogP contribution in [-0.2, 0) is 0 Å². The zero-order chi connectivity index (χ0) is 11.7. The van der Waals surface area contributed by atoms with Crippen molar-refractivity contribution in [3.63, 3.8) is 0 Å². The van der Waals surface area contributed by atoms with Crippen LogP contribution in [0.5, 0.6) is 0 Å². The van der Waals surface area contributed by atoms with Crippen molar-refractivity contribution in [2.45, 2.75) is 69.9 Å². The molecule has 1 aliphatic heterocycles. The molecule has 2 unspecified atom stereocenters. The second-order valence-corrected chi connectivity index (χ2v) is 6.69. The van der Waals surface area contributed by atoms with Crippen LogP contribution >= 0.6 is 0 Å². The summed E-state index contributed by atoms with van der Waals surface area (Å²) in [5.41, 5.74) is 6.04. The maximum Gasteiger partial charge on any atom is 0.0124 e. The molecule has 2 N–H and O–H groups in total. The molecule has 3 fully saturated rings. The fourth-order valence-electron chi connectivity index (χ4n) is 4.57. The van der Waals surface area contributed by atoms with Crippen LogP contribution in [0.2, 0.25) is 0 Å². The second-order valence-electron chi connectivity index (χ2n) is 6.69. The fourth-order valence-corrected chi connectivity index (χ4v) is 4.57. The first kappa shape index (κ1) is 12.0. The molecule has 2 nitrogen and oxygen atoms in total. The van der Waals surface area contributed by atoms with Gasteiger partial charge in [-0.15, -0.1) is 0 Å². The van der Waals surface area contributed by atoms with Crippen LogP contribution in [0.1, 0.15) is 57.8 Å². The van der Waals surface area contributed by atoms with Gasteiger partial charge in [-0.25, -0.2) is 0 Å². The quantitative estimate of drug-likeness (QED) is 0.799. The van der Waals surface area contributed by atoms with Gasteiger partial charge in [0.05, 0.1) is 0 Å². The van der Waals surface area contributed by atoms with Gasteiger partial charge in [0.25, 0.3) is 0 Å². The molecule has 3 rings (SSSR count). The molecule has 1 heterocycles. The normalized spacial score (nSPS) is 43.6. The number of hydrogen-bond donors (Lipinski definition) is 1. The fraction of sp³-hybridized carbons (Fsp3) is 1.00. The number of fused-ring (bicyclic) bond motifs is 1. The molecule has 0 aromatic heterocycles. The zero-order valence-electron chi connectivity index (χ0n) is 11.1. The molecule has 0 bridgehead atoms. The SMILES string of the molecule is NC1CCC(CN2CCC[C@H]3CCCC[C@H]32)C1. The highest BCUT2D eigenvalue weighted by atomic mass is 15.2. The third-order valence-electron chi connectivity index (χ3n) is 5.43. The van der Waals surface area contributed by atoms with E-state index < -0.39 is 0 Å². The Kier molecular flexibility index (Phi) is 3.72. The van der Waals surface area contributed by atoms with Crippen molar-refractivity contribution in [2.24, 2.45) is 17.6 Å². The Bertz CT molecular complexity index is 251. The molecule has 2 heteroatoms. The first-order chi connectivity index (χ1) is 8.33. The molecule has 0 aromatic rings. The van der Waals surface area contributed by atoms with E-state index in [-0.39, 0.29) is 0 Å². The van der Waals surface area contributed by atoms with Gasteiger partial charge in [0.2, 0.25) is 0 Å². The van der Waals surface area contributed by atoms with Crippen molar-refractivity contribution in [1.29, 1.82) is 0 Å². The van der Waals surface area contributed by atoms with Crippen molar-refractivity contribution >= 4 is 0 Å². The minimum Gasteiger partial charge on any atom is -0.328 e. The van der Waals surface area contributed by atoms with Crippen molar-refractivity contribution in [3.05, 3.63) is 0 Å². The number of rotatable bonds is 2. The van der Waals surface area contributed by atoms with Gasteiger partial charge >= 0.3 is 0 Å². The summed E-state index contributed by atoms with van der Waals surface area (Å²) in [6.07, 6.45) is 12.8. The number of piperidine rings is 1. The summed E-state index contributed by atoms with van der Waals surface area (Å²) in [7, 11) is 0. The summed E-state index contributed by atoms with van der Waals surface area (Å²) in [6.45, 7) is 2.72. The lowest BCUT2D eigenvalue weighted by Crippen LogP contribution is -2.48. The highest BCUT2D eigenvalue weighted by molar-refractivity contribution is 4.89. The molecule has 2 saturated carbocycles. The average molecular weight is 236 g/mol. The largest absolute Gasteiger partial charge is 0.328 e. The summed E-state index contributed by atoms with van der Waals surface area (Å²) in [6, 6.07) is 1.45. The van der Waals surface area contributed by atoms with Gasteiger partial charge in [-0.05, 0) is 63.3 Å². The van der Waals surface area contributed by atoms with E-state index in [1.165, 1.54) is 70.9 Å². The molecule has 0 aromatic carbocycles. The zero-order valence-corrected chi connectivity index (χ0v) is 11.1. The van der Waals surface area contributed by atoms with E-state index in [4.69, 9.17) is 5.73 Å². The summed E-state index contributed by atoms with van der Waals surface area (Å²) in [4.78, 5) is 2.84. The van der Waals surface area contributed by atoms with E-state index >= 15 is 0 Å². The van der Waals surface area contributed by atoms with Gasteiger partial charge in [-0.1, -0.05) is 12.8 Å². The lowest BCUT2D eigenvalue weighted by molar-refractivity contribution is 0.0485. The summed E-state index contributed by atoms with van der Waals surface area (Å²) in [5, 5.41) is 0. The van der Waals surface area contributed by atoms with Crippen LogP contribution in [0, 0.1) is 11.8 Å². The molecule has 3 aliphatic rings. The minimum atomic E-state index is 0.506. The number of nitrogens with two attached hydrogens (primary N) is 1. The van der Waals surface area contributed by atoms with Crippen molar-refractivity contribution < 1.29 is 0 Å². The molecule has 98 valence electrons. The lowest BCUT2D eigenvalue weighted by atomic mass is 9.78. The van der Waals surface area contributed by atoms with Gasteiger partial charge in [0.15, 0.2) is 0 Å². The average Bonchev–Trinajstić information content (AvgIpc) is 2.75. The molecule has 17 heavy (non-hydrogen) atoms. The lowest BCUT2D eigenvalue weighted by Gasteiger charge is -2.45. The predicted molar refractivity (Wildman–Crippen MR) is 71.9 cm³/mol. The van der Waals surface area contributed by atoms with Crippen LogP contribution in [0.15, 0.2) is 0 Å². The van der Waals surface area contributed by atoms with Crippen molar-refractivity contribution in [1.82, 2.24) is 4.90 Å². The summed E-state index contributed by atoms with van der Waals surface area (Å²) in [5.74, 6) is 1.94. The molecule has 0 spiro atoms. The third-order valence-corrected chi connectivity index (χ3v) is 5.43. The Morgan fingerprint density at radius 3 is 2.59 bits per heavy atom. The van der Waals surface area contributed by atoms with Crippen LogP contribution in [0.3, 0.4) is 0 Å². The van der Waals surface area contributed by atoms with Gasteiger partial charge in [-0.2, -0.15) is 0 Å². The number of likely N-dealkylation sites (tertiary alicyclic amines) is 1. The summed E-state index contributed by atoms with van der Waals surface area (Å²) < 4.78 is 0. The first-order valence-electron chi connectivity index (χ1n) is 7.82. The van der Waals surface area contributed by atoms with E-state index in [9.17, 15) is 0 Å². The molecule has 0 amide bonds. The predicted octanol–water partition coefficient (Wildman–Crippen LogP) is 2.77. The van der Waals surface area contributed by atoms with Crippen molar-refractivity contribution in [2.75, 3.05) is 13.1 Å².